The number of hydrogen-bond acceptors (Lipinski definition) is 5. The number of hydrogen-bond donors (Lipinski definition) is 1. The summed E-state index contributed by atoms with van der Waals surface area (Å²) in [4.78, 5) is 25.6. The lowest BCUT2D eigenvalue weighted by Gasteiger charge is -2.62. The summed E-state index contributed by atoms with van der Waals surface area (Å²) in [6, 6.07) is 18.4. The zero-order chi connectivity index (χ0) is 28.1. The van der Waals surface area contributed by atoms with Crippen LogP contribution in [0.3, 0.4) is 0 Å². The Morgan fingerprint density at radius 3 is 2.10 bits per heavy atom. The molecule has 0 spiro atoms. The molecule has 0 unspecified atom stereocenters. The molecule has 0 radical (unpaired) electrons. The topological polar surface area (TPSA) is 72.8 Å². The van der Waals surface area contributed by atoms with Crippen molar-refractivity contribution in [3.05, 3.63) is 71.8 Å². The maximum absolute atomic E-state index is 12.9. The van der Waals surface area contributed by atoms with Crippen LogP contribution in [0.5, 0.6) is 0 Å². The molecule has 4 aliphatic carbocycles. The van der Waals surface area contributed by atoms with E-state index in [-0.39, 0.29) is 28.9 Å². The van der Waals surface area contributed by atoms with Crippen LogP contribution in [0.4, 0.5) is 0 Å². The van der Waals surface area contributed by atoms with Crippen molar-refractivity contribution in [1.82, 2.24) is 0 Å². The summed E-state index contributed by atoms with van der Waals surface area (Å²) in [5.74, 6) is 1.63. The highest BCUT2D eigenvalue weighted by Crippen LogP contribution is 2.69. The van der Waals surface area contributed by atoms with E-state index in [2.05, 4.69) is 13.8 Å². The molecule has 2 aromatic rings. The second-order valence-corrected chi connectivity index (χ2v) is 13.7. The number of benzene rings is 2. The molecule has 0 saturated heterocycles. The van der Waals surface area contributed by atoms with Crippen LogP contribution in [0.2, 0.25) is 0 Å². The molecule has 4 saturated carbocycles. The maximum Gasteiger partial charge on any atom is 0.338 e. The molecule has 5 heteroatoms. The Balaban J connectivity index is 1.14. The number of aliphatic hydroxyl groups is 1. The van der Waals surface area contributed by atoms with Gasteiger partial charge in [0, 0.05) is 5.41 Å². The van der Waals surface area contributed by atoms with Gasteiger partial charge in [-0.2, -0.15) is 0 Å². The van der Waals surface area contributed by atoms with Gasteiger partial charge < -0.3 is 14.6 Å². The third-order valence-corrected chi connectivity index (χ3v) is 12.1. The van der Waals surface area contributed by atoms with Gasteiger partial charge in [-0.15, -0.1) is 0 Å². The molecule has 0 bridgehead atoms. The lowest BCUT2D eigenvalue weighted by molar-refractivity contribution is -0.187. The van der Waals surface area contributed by atoms with Gasteiger partial charge in [0.25, 0.3) is 0 Å². The van der Waals surface area contributed by atoms with Crippen LogP contribution in [0, 0.1) is 34.5 Å². The SMILES string of the molecule is C[C@H](OC(=O)c1ccccc1)[C@@]1(O)CC[C@H]2[C@@H]3CC[C@H]4C[C@@H](OC(=O)c5ccccc5)CC[C@]4(C)[C@H]3CC[C@@]21C. The minimum atomic E-state index is -1.02. The van der Waals surface area contributed by atoms with Gasteiger partial charge >= 0.3 is 11.9 Å². The largest absolute Gasteiger partial charge is 0.459 e. The van der Waals surface area contributed by atoms with Crippen LogP contribution in [0.15, 0.2) is 60.7 Å². The second kappa shape index (κ2) is 10.3. The predicted molar refractivity (Wildman–Crippen MR) is 154 cm³/mol. The van der Waals surface area contributed by atoms with Gasteiger partial charge in [0.1, 0.15) is 17.8 Å². The van der Waals surface area contributed by atoms with Gasteiger partial charge in [0.05, 0.1) is 11.1 Å². The molecule has 9 atom stereocenters. The zero-order valence-electron chi connectivity index (χ0n) is 24.2. The van der Waals surface area contributed by atoms with Crippen molar-refractivity contribution in [3.63, 3.8) is 0 Å². The molecule has 0 aliphatic heterocycles. The van der Waals surface area contributed by atoms with Crippen molar-refractivity contribution >= 4 is 11.9 Å². The number of ether oxygens (including phenoxy) is 2. The summed E-state index contributed by atoms with van der Waals surface area (Å²) in [5, 5.41) is 12.2. The molecule has 0 heterocycles. The lowest BCUT2D eigenvalue weighted by Crippen LogP contribution is -2.60. The normalized spacial score (nSPS) is 39.2. The smallest absolute Gasteiger partial charge is 0.338 e. The van der Waals surface area contributed by atoms with Crippen LogP contribution in [-0.4, -0.2) is 34.9 Å². The number of fused-ring (bicyclic) bond motifs is 5. The highest BCUT2D eigenvalue weighted by atomic mass is 16.6. The first-order chi connectivity index (χ1) is 19.2. The Morgan fingerprint density at radius 2 is 1.43 bits per heavy atom. The number of esters is 2. The van der Waals surface area contributed by atoms with E-state index < -0.39 is 11.7 Å². The van der Waals surface area contributed by atoms with Gasteiger partial charge in [0.2, 0.25) is 0 Å². The van der Waals surface area contributed by atoms with Crippen molar-refractivity contribution in [2.45, 2.75) is 96.4 Å². The summed E-state index contributed by atoms with van der Waals surface area (Å²) in [6.45, 7) is 6.65. The molecular formula is C35H44O5. The minimum absolute atomic E-state index is 0.00657. The summed E-state index contributed by atoms with van der Waals surface area (Å²) >= 11 is 0. The summed E-state index contributed by atoms with van der Waals surface area (Å²) in [6.07, 6.45) is 8.44. The van der Waals surface area contributed by atoms with Crippen molar-refractivity contribution in [2.24, 2.45) is 34.5 Å². The van der Waals surface area contributed by atoms with E-state index in [1.165, 1.54) is 6.42 Å². The third-order valence-electron chi connectivity index (χ3n) is 12.1. The first kappa shape index (κ1) is 27.5. The molecule has 4 aliphatic rings. The van der Waals surface area contributed by atoms with Crippen molar-refractivity contribution in [1.29, 1.82) is 0 Å². The van der Waals surface area contributed by atoms with Gasteiger partial charge in [-0.05, 0) is 118 Å². The molecule has 1 N–H and O–H groups in total. The molecule has 4 fully saturated rings. The Kier molecular flexibility index (Phi) is 7.09. The number of rotatable bonds is 5. The van der Waals surface area contributed by atoms with Crippen LogP contribution in [0.25, 0.3) is 0 Å². The highest BCUT2D eigenvalue weighted by Gasteiger charge is 2.66. The zero-order valence-corrected chi connectivity index (χ0v) is 24.2. The quantitative estimate of drug-likeness (QED) is 0.402. The molecular weight excluding hydrogens is 500 g/mol. The van der Waals surface area contributed by atoms with Crippen LogP contribution >= 0.6 is 0 Å². The first-order valence-electron chi connectivity index (χ1n) is 15.4. The molecule has 5 nitrogen and oxygen atoms in total. The van der Waals surface area contributed by atoms with Gasteiger partial charge in [0.15, 0.2) is 0 Å². The van der Waals surface area contributed by atoms with Gasteiger partial charge in [-0.3, -0.25) is 0 Å². The average molecular weight is 545 g/mol. The standard InChI is InChI=1S/C35H44O5/c1-23(39-31(36)24-10-6-4-7-11-24)35(38)21-18-30-28-15-14-26-22-27(40-32(37)25-12-8-5-9-13-25)16-19-33(26,2)29(28)17-20-34(30,35)3/h4-13,23,26-30,38H,14-22H2,1-3H3/t23-,26-,27-,28+,29-,30-,33-,34-,35-/m0/s1. The summed E-state index contributed by atoms with van der Waals surface area (Å²) in [5.41, 5.74) is 0.109. The van der Waals surface area contributed by atoms with Crippen LogP contribution < -0.4 is 0 Å². The van der Waals surface area contributed by atoms with E-state index >= 15 is 0 Å². The van der Waals surface area contributed by atoms with Gasteiger partial charge in [-0.1, -0.05) is 50.2 Å². The third kappa shape index (κ3) is 4.40. The van der Waals surface area contributed by atoms with E-state index in [4.69, 9.17) is 9.47 Å². The van der Waals surface area contributed by atoms with E-state index in [9.17, 15) is 14.7 Å². The average Bonchev–Trinajstić information content (AvgIpc) is 3.25. The Hall–Kier alpha value is -2.66. The number of carbonyl (C=O) groups excluding carboxylic acids is 2. The molecule has 6 rings (SSSR count). The van der Waals surface area contributed by atoms with E-state index in [0.717, 1.165) is 44.9 Å². The number of carbonyl (C=O) groups is 2. The fraction of sp³-hybridized carbons (Fsp3) is 0.600. The second-order valence-electron chi connectivity index (χ2n) is 13.7. The fourth-order valence-corrected chi connectivity index (χ4v) is 9.74. The lowest BCUT2D eigenvalue weighted by atomic mass is 9.44. The summed E-state index contributed by atoms with van der Waals surface area (Å²) < 4.78 is 11.9. The fourth-order valence-electron chi connectivity index (χ4n) is 9.74. The Labute approximate surface area is 238 Å². The van der Waals surface area contributed by atoms with E-state index in [0.29, 0.717) is 41.2 Å². The van der Waals surface area contributed by atoms with Crippen molar-refractivity contribution < 1.29 is 24.2 Å². The molecule has 2 aromatic carbocycles. The monoisotopic (exact) mass is 544 g/mol. The van der Waals surface area contributed by atoms with Crippen molar-refractivity contribution in [3.8, 4) is 0 Å². The van der Waals surface area contributed by atoms with Gasteiger partial charge in [-0.25, -0.2) is 9.59 Å². The maximum atomic E-state index is 12.9. The van der Waals surface area contributed by atoms with E-state index in [1.54, 1.807) is 12.1 Å². The molecule has 0 amide bonds. The highest BCUT2D eigenvalue weighted by molar-refractivity contribution is 5.89. The first-order valence-corrected chi connectivity index (χ1v) is 15.4. The molecule has 214 valence electrons. The summed E-state index contributed by atoms with van der Waals surface area (Å²) in [7, 11) is 0. The Bertz CT molecular complexity index is 1230. The van der Waals surface area contributed by atoms with E-state index in [1.807, 2.05) is 55.5 Å². The van der Waals surface area contributed by atoms with Crippen LogP contribution in [0.1, 0.15) is 99.3 Å². The molecule has 40 heavy (non-hydrogen) atoms. The Morgan fingerprint density at radius 1 is 0.800 bits per heavy atom. The predicted octanol–water partition coefficient (Wildman–Crippen LogP) is 7.23. The van der Waals surface area contributed by atoms with Crippen molar-refractivity contribution in [2.75, 3.05) is 0 Å². The minimum Gasteiger partial charge on any atom is -0.459 e. The van der Waals surface area contributed by atoms with Crippen LogP contribution in [-0.2, 0) is 9.47 Å². The molecule has 0 aromatic heterocycles.